The van der Waals surface area contributed by atoms with Crippen LogP contribution in [0.3, 0.4) is 0 Å². The van der Waals surface area contributed by atoms with Crippen molar-refractivity contribution in [3.05, 3.63) is 36.3 Å². The lowest BCUT2D eigenvalue weighted by Gasteiger charge is -2.33. The molecule has 1 fully saturated rings. The molecule has 6 nitrogen and oxygen atoms in total. The molecule has 0 spiro atoms. The van der Waals surface area contributed by atoms with Gasteiger partial charge < -0.3 is 14.6 Å². The number of hydrogen-bond donors (Lipinski definition) is 1. The van der Waals surface area contributed by atoms with Crippen LogP contribution in [0.1, 0.15) is 32.4 Å². The number of hydrogen-bond acceptors (Lipinski definition) is 3. The first-order chi connectivity index (χ1) is 12.0. The van der Waals surface area contributed by atoms with Gasteiger partial charge in [0, 0.05) is 44.4 Å². The number of nitrogens with zero attached hydrogens (tertiary/aromatic N) is 3. The highest BCUT2D eigenvalue weighted by Crippen LogP contribution is 2.18. The summed E-state index contributed by atoms with van der Waals surface area (Å²) in [7, 11) is 0. The van der Waals surface area contributed by atoms with Crippen molar-refractivity contribution in [1.82, 2.24) is 19.6 Å². The molecule has 2 aromatic rings. The molecule has 1 unspecified atom stereocenters. The van der Waals surface area contributed by atoms with Gasteiger partial charge in [0.25, 0.3) is 0 Å². The third-order valence-corrected chi connectivity index (χ3v) is 4.69. The highest BCUT2D eigenvalue weighted by molar-refractivity contribution is 5.82. The molecule has 1 aliphatic rings. The van der Waals surface area contributed by atoms with E-state index in [2.05, 4.69) is 10.3 Å². The third kappa shape index (κ3) is 4.18. The first-order valence-corrected chi connectivity index (χ1v) is 9.03. The molecule has 0 aromatic carbocycles. The van der Waals surface area contributed by atoms with Gasteiger partial charge in [0.1, 0.15) is 5.65 Å². The molecule has 0 saturated carbocycles. The van der Waals surface area contributed by atoms with Crippen molar-refractivity contribution in [2.24, 2.45) is 11.8 Å². The number of amides is 2. The summed E-state index contributed by atoms with van der Waals surface area (Å²) in [5.41, 5.74) is 1.88. The highest BCUT2D eigenvalue weighted by Gasteiger charge is 2.29. The van der Waals surface area contributed by atoms with Gasteiger partial charge in [-0.3, -0.25) is 9.59 Å². The first-order valence-electron chi connectivity index (χ1n) is 9.03. The molecule has 3 heterocycles. The number of nitrogens with one attached hydrogen (secondary N) is 1. The molecule has 0 radical (unpaired) electrons. The summed E-state index contributed by atoms with van der Waals surface area (Å²) in [4.78, 5) is 30.9. The summed E-state index contributed by atoms with van der Waals surface area (Å²) in [6.45, 7) is 5.68. The Kier molecular flexibility index (Phi) is 5.36. The van der Waals surface area contributed by atoms with Gasteiger partial charge in [0.2, 0.25) is 11.8 Å². The number of imidazole rings is 1. The van der Waals surface area contributed by atoms with Gasteiger partial charge in [0.05, 0.1) is 11.6 Å². The Morgan fingerprint density at radius 2 is 2.20 bits per heavy atom. The molecule has 1 aliphatic heterocycles. The van der Waals surface area contributed by atoms with Crippen LogP contribution in [0.15, 0.2) is 30.6 Å². The van der Waals surface area contributed by atoms with Crippen LogP contribution in [-0.2, 0) is 16.0 Å². The third-order valence-electron chi connectivity index (χ3n) is 4.69. The predicted octanol–water partition coefficient (Wildman–Crippen LogP) is 1.89. The predicted molar refractivity (Wildman–Crippen MR) is 96.0 cm³/mol. The standard InChI is InChI=1S/C19H26N4O2/c1-14(2)19(25)23-11-5-6-15(12-23)18(24)20-9-8-16-13-22-10-4-3-7-17(22)21-16/h3-4,7,10,13-15H,5-6,8-9,11-12H2,1-2H3,(H,20,24). The molecular formula is C19H26N4O2. The molecule has 0 aliphatic carbocycles. The van der Waals surface area contributed by atoms with E-state index in [4.69, 9.17) is 0 Å². The minimum atomic E-state index is -0.0995. The lowest BCUT2D eigenvalue weighted by atomic mass is 9.96. The molecule has 25 heavy (non-hydrogen) atoms. The van der Waals surface area contributed by atoms with Crippen molar-refractivity contribution in [2.75, 3.05) is 19.6 Å². The van der Waals surface area contributed by atoms with Crippen LogP contribution >= 0.6 is 0 Å². The molecular weight excluding hydrogens is 316 g/mol. The number of aromatic nitrogens is 2. The van der Waals surface area contributed by atoms with Crippen LogP contribution < -0.4 is 5.32 Å². The summed E-state index contributed by atoms with van der Waals surface area (Å²) < 4.78 is 1.98. The van der Waals surface area contributed by atoms with Crippen LogP contribution in [0.2, 0.25) is 0 Å². The van der Waals surface area contributed by atoms with E-state index in [9.17, 15) is 9.59 Å². The quantitative estimate of drug-likeness (QED) is 0.902. The Morgan fingerprint density at radius 1 is 1.36 bits per heavy atom. The number of pyridine rings is 1. The van der Waals surface area contributed by atoms with E-state index in [1.165, 1.54) is 0 Å². The SMILES string of the molecule is CC(C)C(=O)N1CCCC(C(=O)NCCc2cn3ccccc3n2)C1. The fourth-order valence-corrected chi connectivity index (χ4v) is 3.32. The van der Waals surface area contributed by atoms with Crippen LogP contribution in [0.5, 0.6) is 0 Å². The van der Waals surface area contributed by atoms with Gasteiger partial charge >= 0.3 is 0 Å². The zero-order valence-corrected chi connectivity index (χ0v) is 14.9. The van der Waals surface area contributed by atoms with E-state index in [-0.39, 0.29) is 23.7 Å². The number of piperidine rings is 1. The number of carbonyl (C=O) groups excluding carboxylic acids is 2. The van der Waals surface area contributed by atoms with E-state index in [0.29, 0.717) is 19.5 Å². The number of carbonyl (C=O) groups is 2. The van der Waals surface area contributed by atoms with Crippen molar-refractivity contribution in [3.63, 3.8) is 0 Å². The Bertz CT molecular complexity index is 720. The van der Waals surface area contributed by atoms with Crippen molar-refractivity contribution in [3.8, 4) is 0 Å². The molecule has 2 aromatic heterocycles. The molecule has 0 bridgehead atoms. The second-order valence-electron chi connectivity index (χ2n) is 7.02. The lowest BCUT2D eigenvalue weighted by Crippen LogP contribution is -2.46. The van der Waals surface area contributed by atoms with Crippen molar-refractivity contribution >= 4 is 17.5 Å². The minimum absolute atomic E-state index is 0.0168. The van der Waals surface area contributed by atoms with Gasteiger partial charge in [-0.25, -0.2) is 4.98 Å². The van der Waals surface area contributed by atoms with Gasteiger partial charge in [-0.15, -0.1) is 0 Å². The Morgan fingerprint density at radius 3 is 2.96 bits per heavy atom. The Labute approximate surface area is 148 Å². The van der Waals surface area contributed by atoms with Crippen LogP contribution in [-0.4, -0.2) is 45.7 Å². The average molecular weight is 342 g/mol. The van der Waals surface area contributed by atoms with Crippen LogP contribution in [0.4, 0.5) is 0 Å². The molecule has 6 heteroatoms. The number of rotatable bonds is 5. The Hall–Kier alpha value is -2.37. The van der Waals surface area contributed by atoms with E-state index in [0.717, 1.165) is 30.7 Å². The maximum Gasteiger partial charge on any atom is 0.225 e. The molecule has 1 atom stereocenters. The first kappa shape index (κ1) is 17.5. The van der Waals surface area contributed by atoms with Gasteiger partial charge in [0.15, 0.2) is 0 Å². The van der Waals surface area contributed by atoms with Crippen molar-refractivity contribution in [1.29, 1.82) is 0 Å². The minimum Gasteiger partial charge on any atom is -0.355 e. The average Bonchev–Trinajstić information content (AvgIpc) is 3.03. The molecule has 2 amide bonds. The lowest BCUT2D eigenvalue weighted by molar-refractivity contribution is -0.138. The smallest absolute Gasteiger partial charge is 0.225 e. The summed E-state index contributed by atoms with van der Waals surface area (Å²) in [6, 6.07) is 5.89. The van der Waals surface area contributed by atoms with Gasteiger partial charge in [-0.2, -0.15) is 0 Å². The maximum absolute atomic E-state index is 12.4. The fourth-order valence-electron chi connectivity index (χ4n) is 3.32. The molecule has 3 rings (SSSR count). The number of fused-ring (bicyclic) bond motifs is 1. The largest absolute Gasteiger partial charge is 0.355 e. The van der Waals surface area contributed by atoms with Crippen molar-refractivity contribution in [2.45, 2.75) is 33.1 Å². The highest BCUT2D eigenvalue weighted by atomic mass is 16.2. The molecule has 134 valence electrons. The monoisotopic (exact) mass is 342 g/mol. The fraction of sp³-hybridized carbons (Fsp3) is 0.526. The van der Waals surface area contributed by atoms with Crippen molar-refractivity contribution < 1.29 is 9.59 Å². The summed E-state index contributed by atoms with van der Waals surface area (Å²) in [5.74, 6) is 0.0709. The van der Waals surface area contributed by atoms with Gasteiger partial charge in [-0.1, -0.05) is 19.9 Å². The summed E-state index contributed by atoms with van der Waals surface area (Å²) >= 11 is 0. The number of likely N-dealkylation sites (tertiary alicyclic amines) is 1. The van der Waals surface area contributed by atoms with E-state index in [1.54, 1.807) is 0 Å². The van der Waals surface area contributed by atoms with E-state index < -0.39 is 0 Å². The Balaban J connectivity index is 1.49. The molecule has 1 saturated heterocycles. The maximum atomic E-state index is 12.4. The second-order valence-corrected chi connectivity index (χ2v) is 7.02. The van der Waals surface area contributed by atoms with Gasteiger partial charge in [-0.05, 0) is 25.0 Å². The normalized spacial score (nSPS) is 17.9. The zero-order valence-electron chi connectivity index (χ0n) is 14.9. The zero-order chi connectivity index (χ0) is 17.8. The van der Waals surface area contributed by atoms with Crippen LogP contribution in [0.25, 0.3) is 5.65 Å². The van der Waals surface area contributed by atoms with E-state index in [1.807, 2.05) is 53.7 Å². The summed E-state index contributed by atoms with van der Waals surface area (Å²) in [6.07, 6.45) is 6.40. The summed E-state index contributed by atoms with van der Waals surface area (Å²) in [5, 5.41) is 3.01. The van der Waals surface area contributed by atoms with E-state index >= 15 is 0 Å². The molecule has 1 N–H and O–H groups in total. The van der Waals surface area contributed by atoms with Crippen LogP contribution in [0, 0.1) is 11.8 Å². The topological polar surface area (TPSA) is 66.7 Å². The second kappa shape index (κ2) is 7.68.